The Hall–Kier alpha value is -0.610. The minimum Gasteiger partial charge on any atom is -0.340 e. The standard InChI is InChI=1S/C14H27N3O/c1-3-12(10-15-2)14(18)17-9-8-16-7-5-4-6-13(16)11-17/h12-13,15H,3-11H2,1-2H3. The fourth-order valence-electron chi connectivity index (χ4n) is 3.27. The maximum absolute atomic E-state index is 12.5. The minimum atomic E-state index is 0.158. The molecule has 2 heterocycles. The summed E-state index contributed by atoms with van der Waals surface area (Å²) < 4.78 is 0. The third-order valence-corrected chi connectivity index (χ3v) is 4.44. The van der Waals surface area contributed by atoms with Crippen molar-refractivity contribution in [1.82, 2.24) is 15.1 Å². The van der Waals surface area contributed by atoms with Gasteiger partial charge in [-0.25, -0.2) is 0 Å². The van der Waals surface area contributed by atoms with E-state index in [0.29, 0.717) is 11.9 Å². The van der Waals surface area contributed by atoms with E-state index in [1.54, 1.807) is 0 Å². The van der Waals surface area contributed by atoms with E-state index >= 15 is 0 Å². The topological polar surface area (TPSA) is 35.6 Å². The summed E-state index contributed by atoms with van der Waals surface area (Å²) in [7, 11) is 1.93. The number of piperazine rings is 1. The first kappa shape index (κ1) is 13.8. The van der Waals surface area contributed by atoms with Crippen LogP contribution < -0.4 is 5.32 Å². The van der Waals surface area contributed by atoms with Crippen LogP contribution in [0.1, 0.15) is 32.6 Å². The summed E-state index contributed by atoms with van der Waals surface area (Å²) in [4.78, 5) is 17.1. The number of rotatable bonds is 4. The van der Waals surface area contributed by atoms with Gasteiger partial charge < -0.3 is 10.2 Å². The molecular formula is C14H27N3O. The minimum absolute atomic E-state index is 0.158. The molecule has 1 amide bonds. The number of nitrogens with zero attached hydrogens (tertiary/aromatic N) is 2. The second-order valence-electron chi connectivity index (χ2n) is 5.63. The molecule has 2 fully saturated rings. The average molecular weight is 253 g/mol. The summed E-state index contributed by atoms with van der Waals surface area (Å²) in [6.07, 6.45) is 4.87. The molecule has 18 heavy (non-hydrogen) atoms. The second-order valence-corrected chi connectivity index (χ2v) is 5.63. The van der Waals surface area contributed by atoms with Crippen molar-refractivity contribution in [1.29, 1.82) is 0 Å². The quantitative estimate of drug-likeness (QED) is 0.809. The van der Waals surface area contributed by atoms with E-state index in [0.717, 1.165) is 32.6 Å². The fourth-order valence-corrected chi connectivity index (χ4v) is 3.27. The highest BCUT2D eigenvalue weighted by atomic mass is 16.2. The smallest absolute Gasteiger partial charge is 0.227 e. The number of piperidine rings is 1. The molecule has 0 radical (unpaired) electrons. The van der Waals surface area contributed by atoms with Gasteiger partial charge >= 0.3 is 0 Å². The van der Waals surface area contributed by atoms with E-state index in [9.17, 15) is 4.79 Å². The van der Waals surface area contributed by atoms with E-state index in [2.05, 4.69) is 22.0 Å². The van der Waals surface area contributed by atoms with Crippen molar-refractivity contribution < 1.29 is 4.79 Å². The third-order valence-electron chi connectivity index (χ3n) is 4.44. The summed E-state index contributed by atoms with van der Waals surface area (Å²) in [5.74, 6) is 0.516. The zero-order valence-corrected chi connectivity index (χ0v) is 11.8. The van der Waals surface area contributed by atoms with Gasteiger partial charge in [-0.2, -0.15) is 0 Å². The predicted octanol–water partition coefficient (Wildman–Crippen LogP) is 0.929. The van der Waals surface area contributed by atoms with E-state index in [1.165, 1.54) is 25.8 Å². The average Bonchev–Trinajstić information content (AvgIpc) is 2.43. The third kappa shape index (κ3) is 3.04. The molecule has 2 rings (SSSR count). The maximum atomic E-state index is 12.5. The summed E-state index contributed by atoms with van der Waals surface area (Å²) in [6, 6.07) is 0.628. The number of carbonyl (C=O) groups is 1. The highest BCUT2D eigenvalue weighted by Gasteiger charge is 2.32. The van der Waals surface area contributed by atoms with Gasteiger partial charge in [0.05, 0.1) is 5.92 Å². The summed E-state index contributed by atoms with van der Waals surface area (Å²) >= 11 is 0. The first-order chi connectivity index (χ1) is 8.76. The number of hydrogen-bond donors (Lipinski definition) is 1. The van der Waals surface area contributed by atoms with Crippen LogP contribution in [0, 0.1) is 5.92 Å². The molecule has 2 aliphatic rings. The number of fused-ring (bicyclic) bond motifs is 1. The van der Waals surface area contributed by atoms with E-state index in [1.807, 2.05) is 7.05 Å². The largest absolute Gasteiger partial charge is 0.340 e. The van der Waals surface area contributed by atoms with Crippen LogP contribution >= 0.6 is 0 Å². The molecule has 2 atom stereocenters. The van der Waals surface area contributed by atoms with Crippen LogP contribution in [-0.2, 0) is 4.79 Å². The van der Waals surface area contributed by atoms with Crippen LogP contribution in [0.25, 0.3) is 0 Å². The zero-order valence-electron chi connectivity index (χ0n) is 11.8. The van der Waals surface area contributed by atoms with Gasteiger partial charge in [-0.1, -0.05) is 13.3 Å². The van der Waals surface area contributed by atoms with Crippen molar-refractivity contribution in [3.8, 4) is 0 Å². The predicted molar refractivity (Wildman–Crippen MR) is 73.5 cm³/mol. The van der Waals surface area contributed by atoms with Crippen LogP contribution in [0.5, 0.6) is 0 Å². The Kier molecular flexibility index (Phi) is 5.01. The van der Waals surface area contributed by atoms with Crippen LogP contribution in [0.3, 0.4) is 0 Å². The van der Waals surface area contributed by atoms with E-state index < -0.39 is 0 Å². The van der Waals surface area contributed by atoms with Gasteiger partial charge in [0, 0.05) is 32.2 Å². The Morgan fingerprint density at radius 3 is 2.89 bits per heavy atom. The second kappa shape index (κ2) is 6.53. The molecular weight excluding hydrogens is 226 g/mol. The molecule has 0 aromatic rings. The molecule has 0 saturated carbocycles. The van der Waals surface area contributed by atoms with Crippen LogP contribution in [0.2, 0.25) is 0 Å². The fraction of sp³-hybridized carbons (Fsp3) is 0.929. The Bertz CT molecular complexity index is 282. The van der Waals surface area contributed by atoms with Crippen molar-refractivity contribution in [3.05, 3.63) is 0 Å². The molecule has 2 unspecified atom stereocenters. The van der Waals surface area contributed by atoms with Gasteiger partial charge in [0.2, 0.25) is 5.91 Å². The lowest BCUT2D eigenvalue weighted by atomic mass is 9.97. The Morgan fingerprint density at radius 2 is 2.17 bits per heavy atom. The monoisotopic (exact) mass is 253 g/mol. The van der Waals surface area contributed by atoms with Gasteiger partial charge in [-0.3, -0.25) is 9.69 Å². The Balaban J connectivity index is 1.91. The van der Waals surface area contributed by atoms with Crippen molar-refractivity contribution in [3.63, 3.8) is 0 Å². The maximum Gasteiger partial charge on any atom is 0.227 e. The SMILES string of the molecule is CCC(CNC)C(=O)N1CCN2CCCCC2C1. The van der Waals surface area contributed by atoms with Crippen LogP contribution in [0.15, 0.2) is 0 Å². The lowest BCUT2D eigenvalue weighted by molar-refractivity contribution is -0.139. The highest BCUT2D eigenvalue weighted by molar-refractivity contribution is 5.79. The van der Waals surface area contributed by atoms with Gasteiger partial charge in [0.1, 0.15) is 0 Å². The van der Waals surface area contributed by atoms with Crippen molar-refractivity contribution in [2.45, 2.75) is 38.6 Å². The molecule has 0 bridgehead atoms. The normalized spacial score (nSPS) is 26.8. The number of carbonyl (C=O) groups excluding carboxylic acids is 1. The van der Waals surface area contributed by atoms with Gasteiger partial charge in [-0.15, -0.1) is 0 Å². The summed E-state index contributed by atoms with van der Waals surface area (Å²) in [6.45, 7) is 7.11. The molecule has 0 spiro atoms. The summed E-state index contributed by atoms with van der Waals surface area (Å²) in [5.41, 5.74) is 0. The number of nitrogens with one attached hydrogen (secondary N) is 1. The molecule has 0 aromatic heterocycles. The lowest BCUT2D eigenvalue weighted by Crippen LogP contribution is -2.57. The molecule has 2 saturated heterocycles. The number of amides is 1. The van der Waals surface area contributed by atoms with E-state index in [-0.39, 0.29) is 5.92 Å². The Morgan fingerprint density at radius 1 is 1.33 bits per heavy atom. The first-order valence-electron chi connectivity index (χ1n) is 7.43. The molecule has 4 heteroatoms. The lowest BCUT2D eigenvalue weighted by Gasteiger charge is -2.44. The molecule has 0 aliphatic carbocycles. The van der Waals surface area contributed by atoms with Crippen molar-refractivity contribution in [2.75, 3.05) is 39.8 Å². The highest BCUT2D eigenvalue weighted by Crippen LogP contribution is 2.22. The summed E-state index contributed by atoms with van der Waals surface area (Å²) in [5, 5.41) is 3.14. The van der Waals surface area contributed by atoms with Gasteiger partial charge in [-0.05, 0) is 32.9 Å². The first-order valence-corrected chi connectivity index (χ1v) is 7.43. The van der Waals surface area contributed by atoms with E-state index in [4.69, 9.17) is 0 Å². The van der Waals surface area contributed by atoms with Gasteiger partial charge in [0.25, 0.3) is 0 Å². The molecule has 1 N–H and O–H groups in total. The molecule has 104 valence electrons. The Labute approximate surface area is 111 Å². The van der Waals surface area contributed by atoms with Crippen LogP contribution in [0.4, 0.5) is 0 Å². The van der Waals surface area contributed by atoms with Gasteiger partial charge in [0.15, 0.2) is 0 Å². The molecule has 0 aromatic carbocycles. The molecule has 2 aliphatic heterocycles. The van der Waals surface area contributed by atoms with Crippen molar-refractivity contribution in [2.24, 2.45) is 5.92 Å². The number of hydrogen-bond acceptors (Lipinski definition) is 3. The van der Waals surface area contributed by atoms with Crippen LogP contribution in [-0.4, -0.2) is 61.5 Å². The molecule has 4 nitrogen and oxygen atoms in total. The zero-order chi connectivity index (χ0) is 13.0. The van der Waals surface area contributed by atoms with Crippen molar-refractivity contribution >= 4 is 5.91 Å².